The normalized spacial score (nSPS) is 21.9. The van der Waals surface area contributed by atoms with Crippen molar-refractivity contribution in [2.75, 3.05) is 7.11 Å². The summed E-state index contributed by atoms with van der Waals surface area (Å²) < 4.78 is 4.95. The van der Waals surface area contributed by atoms with Crippen LogP contribution in [0.4, 0.5) is 0 Å². The Morgan fingerprint density at radius 1 is 0.952 bits per heavy atom. The van der Waals surface area contributed by atoms with Gasteiger partial charge in [0.25, 0.3) is 0 Å². The lowest BCUT2D eigenvalue weighted by atomic mass is 9.63. The Labute approximate surface area is 131 Å². The molecular weight excluding hydrogens is 262 g/mol. The molecule has 0 aromatic rings. The molecule has 0 bridgehead atoms. The van der Waals surface area contributed by atoms with Crippen LogP contribution in [0.2, 0.25) is 0 Å². The number of carbonyl (C=O) groups is 1. The molecule has 1 saturated carbocycles. The highest BCUT2D eigenvalue weighted by molar-refractivity contribution is 5.70. The summed E-state index contributed by atoms with van der Waals surface area (Å²) >= 11 is 0. The summed E-state index contributed by atoms with van der Waals surface area (Å²) in [4.78, 5) is 11.9. The third kappa shape index (κ3) is 5.98. The van der Waals surface area contributed by atoms with Crippen LogP contribution in [0, 0.1) is 5.41 Å². The van der Waals surface area contributed by atoms with Crippen LogP contribution in [-0.4, -0.2) is 18.6 Å². The molecule has 1 aliphatic carbocycles. The fourth-order valence-electron chi connectivity index (χ4n) is 3.69. The van der Waals surface area contributed by atoms with Gasteiger partial charge >= 0.3 is 5.97 Å². The predicted molar refractivity (Wildman–Crippen MR) is 88.1 cm³/mol. The Morgan fingerprint density at radius 2 is 1.33 bits per heavy atom. The van der Waals surface area contributed by atoms with E-state index in [1.165, 1.54) is 64.9 Å². The molecule has 0 spiro atoms. The molecule has 2 N–H and O–H groups in total. The van der Waals surface area contributed by atoms with Crippen molar-refractivity contribution in [3.05, 3.63) is 0 Å². The summed E-state index contributed by atoms with van der Waals surface area (Å²) in [7, 11) is 1.48. The van der Waals surface area contributed by atoms with Crippen LogP contribution in [0.3, 0.4) is 0 Å². The fraction of sp³-hybridized carbons (Fsp3) is 0.944. The molecule has 3 nitrogen and oxygen atoms in total. The van der Waals surface area contributed by atoms with Crippen LogP contribution in [0.5, 0.6) is 0 Å². The van der Waals surface area contributed by atoms with Gasteiger partial charge in [-0.2, -0.15) is 0 Å². The summed E-state index contributed by atoms with van der Waals surface area (Å²) in [6, 6.07) is 0. The van der Waals surface area contributed by atoms with Gasteiger partial charge in [0.15, 0.2) is 0 Å². The van der Waals surface area contributed by atoms with Gasteiger partial charge in [-0.15, -0.1) is 0 Å². The Morgan fingerprint density at radius 3 is 1.67 bits per heavy atom. The SMILES string of the molecule is COC(=O)CC1(C(C)(C)N)CCCCCCCCCCC1. The Balaban J connectivity index is 2.83. The lowest BCUT2D eigenvalue weighted by molar-refractivity contribution is -0.145. The molecule has 0 atom stereocenters. The molecule has 0 unspecified atom stereocenters. The highest BCUT2D eigenvalue weighted by Crippen LogP contribution is 2.44. The minimum absolute atomic E-state index is 0.111. The van der Waals surface area contributed by atoms with E-state index in [0.717, 1.165) is 12.8 Å². The minimum atomic E-state index is -0.342. The first-order valence-electron chi connectivity index (χ1n) is 8.77. The summed E-state index contributed by atoms with van der Waals surface area (Å²) in [5, 5.41) is 0. The van der Waals surface area contributed by atoms with Crippen LogP contribution in [0.1, 0.15) is 90.9 Å². The maximum absolute atomic E-state index is 11.9. The van der Waals surface area contributed by atoms with Crippen LogP contribution in [-0.2, 0) is 9.53 Å². The second kappa shape index (κ2) is 8.77. The van der Waals surface area contributed by atoms with E-state index in [1.54, 1.807) is 0 Å². The second-order valence-corrected chi connectivity index (χ2v) is 7.44. The summed E-state index contributed by atoms with van der Waals surface area (Å²) in [6.07, 6.45) is 14.2. The number of ether oxygens (including phenoxy) is 1. The van der Waals surface area contributed by atoms with Crippen molar-refractivity contribution in [3.63, 3.8) is 0 Å². The van der Waals surface area contributed by atoms with Crippen LogP contribution in [0.25, 0.3) is 0 Å². The lowest BCUT2D eigenvalue weighted by Crippen LogP contribution is -2.52. The summed E-state index contributed by atoms with van der Waals surface area (Å²) in [5.74, 6) is -0.111. The van der Waals surface area contributed by atoms with Crippen molar-refractivity contribution < 1.29 is 9.53 Å². The van der Waals surface area contributed by atoms with Gasteiger partial charge in [0.05, 0.1) is 13.5 Å². The van der Waals surface area contributed by atoms with Gasteiger partial charge in [-0.3, -0.25) is 4.79 Å². The van der Waals surface area contributed by atoms with Crippen molar-refractivity contribution in [2.24, 2.45) is 11.1 Å². The summed E-state index contributed by atoms with van der Waals surface area (Å²) in [5.41, 5.74) is 6.07. The van der Waals surface area contributed by atoms with E-state index in [-0.39, 0.29) is 16.9 Å². The molecule has 0 heterocycles. The van der Waals surface area contributed by atoms with Gasteiger partial charge in [0.2, 0.25) is 0 Å². The summed E-state index contributed by atoms with van der Waals surface area (Å²) in [6.45, 7) is 4.17. The molecule has 124 valence electrons. The highest BCUT2D eigenvalue weighted by Gasteiger charge is 2.43. The fourth-order valence-corrected chi connectivity index (χ4v) is 3.69. The number of nitrogens with two attached hydrogens (primary N) is 1. The Bertz CT molecular complexity index is 295. The second-order valence-electron chi connectivity index (χ2n) is 7.44. The third-order valence-electron chi connectivity index (χ3n) is 5.39. The number of hydrogen-bond donors (Lipinski definition) is 1. The molecule has 0 aromatic heterocycles. The zero-order valence-electron chi connectivity index (χ0n) is 14.4. The van der Waals surface area contributed by atoms with Gasteiger partial charge in [-0.1, -0.05) is 57.8 Å². The number of methoxy groups -OCH3 is 1. The van der Waals surface area contributed by atoms with Gasteiger partial charge in [-0.05, 0) is 32.1 Å². The standard InChI is InChI=1S/C18H35NO2/c1-17(2,19)18(15-16(20)21-3)13-11-9-7-5-4-6-8-10-12-14-18/h4-15,19H2,1-3H3. The molecule has 0 radical (unpaired) electrons. The van der Waals surface area contributed by atoms with E-state index in [2.05, 4.69) is 13.8 Å². The number of carbonyl (C=O) groups excluding carboxylic acids is 1. The van der Waals surface area contributed by atoms with E-state index >= 15 is 0 Å². The lowest BCUT2D eigenvalue weighted by Gasteiger charge is -2.45. The quantitative estimate of drug-likeness (QED) is 0.776. The molecule has 0 saturated heterocycles. The molecule has 0 amide bonds. The van der Waals surface area contributed by atoms with Crippen molar-refractivity contribution in [1.29, 1.82) is 0 Å². The van der Waals surface area contributed by atoms with E-state index in [9.17, 15) is 4.79 Å². The van der Waals surface area contributed by atoms with Crippen LogP contribution in [0.15, 0.2) is 0 Å². The molecule has 21 heavy (non-hydrogen) atoms. The Hall–Kier alpha value is -0.570. The van der Waals surface area contributed by atoms with Crippen molar-refractivity contribution in [1.82, 2.24) is 0 Å². The number of rotatable bonds is 3. The number of esters is 1. The molecule has 1 fully saturated rings. The van der Waals surface area contributed by atoms with E-state index in [1.807, 2.05) is 0 Å². The van der Waals surface area contributed by atoms with Crippen molar-refractivity contribution >= 4 is 5.97 Å². The zero-order valence-corrected chi connectivity index (χ0v) is 14.4. The maximum atomic E-state index is 11.9. The Kier molecular flexibility index (Phi) is 7.72. The topological polar surface area (TPSA) is 52.3 Å². The third-order valence-corrected chi connectivity index (χ3v) is 5.39. The molecule has 0 aliphatic heterocycles. The van der Waals surface area contributed by atoms with Gasteiger partial charge in [-0.25, -0.2) is 0 Å². The van der Waals surface area contributed by atoms with Gasteiger partial charge < -0.3 is 10.5 Å². The average Bonchev–Trinajstić information content (AvgIpc) is 2.40. The predicted octanol–water partition coefficient (Wildman–Crippen LogP) is 4.58. The monoisotopic (exact) mass is 297 g/mol. The maximum Gasteiger partial charge on any atom is 0.306 e. The molecule has 1 aliphatic rings. The van der Waals surface area contributed by atoms with E-state index in [4.69, 9.17) is 10.5 Å². The molecule has 1 rings (SSSR count). The van der Waals surface area contributed by atoms with E-state index < -0.39 is 0 Å². The molecule has 0 aromatic carbocycles. The number of hydrogen-bond acceptors (Lipinski definition) is 3. The minimum Gasteiger partial charge on any atom is -0.469 e. The first-order chi connectivity index (χ1) is 9.91. The first-order valence-corrected chi connectivity index (χ1v) is 8.77. The zero-order chi connectivity index (χ0) is 15.8. The van der Waals surface area contributed by atoms with Gasteiger partial charge in [0.1, 0.15) is 0 Å². The van der Waals surface area contributed by atoms with Crippen molar-refractivity contribution in [3.8, 4) is 0 Å². The van der Waals surface area contributed by atoms with Crippen LogP contribution >= 0.6 is 0 Å². The first kappa shape index (κ1) is 18.5. The highest BCUT2D eigenvalue weighted by atomic mass is 16.5. The largest absolute Gasteiger partial charge is 0.469 e. The van der Waals surface area contributed by atoms with E-state index in [0.29, 0.717) is 6.42 Å². The molecular formula is C18H35NO2. The smallest absolute Gasteiger partial charge is 0.306 e. The molecule has 3 heteroatoms. The average molecular weight is 297 g/mol. The van der Waals surface area contributed by atoms with Gasteiger partial charge in [0, 0.05) is 5.54 Å². The van der Waals surface area contributed by atoms with Crippen LogP contribution < -0.4 is 5.73 Å². The van der Waals surface area contributed by atoms with Crippen molar-refractivity contribution in [2.45, 2.75) is 96.4 Å².